The molecule has 0 unspecified atom stereocenters. The van der Waals surface area contributed by atoms with Gasteiger partial charge in [0.25, 0.3) is 0 Å². The number of hydrogen-bond acceptors (Lipinski definition) is 1. The lowest BCUT2D eigenvalue weighted by atomic mass is 10.0. The van der Waals surface area contributed by atoms with Gasteiger partial charge in [0.05, 0.1) is 7.11 Å². The molecule has 0 radical (unpaired) electrons. The van der Waals surface area contributed by atoms with Crippen molar-refractivity contribution in [2.75, 3.05) is 7.11 Å². The van der Waals surface area contributed by atoms with E-state index in [0.717, 1.165) is 17.7 Å². The van der Waals surface area contributed by atoms with Crippen LogP contribution in [0.15, 0.2) is 55.1 Å². The number of benzene rings is 2. The first-order valence-electron chi connectivity index (χ1n) is 5.66. The fourth-order valence-electron chi connectivity index (χ4n) is 1.75. The Morgan fingerprint density at radius 1 is 0.941 bits per heavy atom. The van der Waals surface area contributed by atoms with E-state index in [1.807, 2.05) is 18.2 Å². The summed E-state index contributed by atoms with van der Waals surface area (Å²) in [6.07, 6.45) is 2.80. The van der Waals surface area contributed by atoms with E-state index in [9.17, 15) is 0 Å². The van der Waals surface area contributed by atoms with Crippen molar-refractivity contribution in [3.05, 3.63) is 71.8 Å². The van der Waals surface area contributed by atoms with Gasteiger partial charge in [-0.05, 0) is 35.2 Å². The van der Waals surface area contributed by atoms with Crippen molar-refractivity contribution < 1.29 is 4.74 Å². The van der Waals surface area contributed by atoms with Gasteiger partial charge < -0.3 is 4.74 Å². The molecule has 1 heteroatoms. The lowest BCUT2D eigenvalue weighted by molar-refractivity contribution is 0.414. The van der Waals surface area contributed by atoms with E-state index in [1.54, 1.807) is 7.11 Å². The molecule has 0 saturated heterocycles. The van der Waals surface area contributed by atoms with Gasteiger partial charge in [0.1, 0.15) is 5.75 Å². The molecule has 0 aliphatic carbocycles. The van der Waals surface area contributed by atoms with E-state index < -0.39 is 0 Å². The highest BCUT2D eigenvalue weighted by Crippen LogP contribution is 2.15. The fraction of sp³-hybridized carbons (Fsp3) is 0.125. The van der Waals surface area contributed by atoms with Crippen LogP contribution >= 0.6 is 0 Å². The van der Waals surface area contributed by atoms with Crippen molar-refractivity contribution in [3.8, 4) is 5.75 Å². The van der Waals surface area contributed by atoms with Crippen molar-refractivity contribution in [1.82, 2.24) is 0 Å². The maximum absolute atomic E-state index is 5.14. The average molecular weight is 224 g/mol. The molecule has 0 N–H and O–H groups in total. The summed E-state index contributed by atoms with van der Waals surface area (Å²) in [5, 5.41) is 0. The first-order valence-corrected chi connectivity index (χ1v) is 5.66. The van der Waals surface area contributed by atoms with Crippen LogP contribution in [0.4, 0.5) is 0 Å². The first kappa shape index (κ1) is 11.5. The Bertz CT molecular complexity index is 480. The normalized spacial score (nSPS) is 9.94. The monoisotopic (exact) mass is 224 g/mol. The van der Waals surface area contributed by atoms with Crippen molar-refractivity contribution in [3.63, 3.8) is 0 Å². The molecule has 17 heavy (non-hydrogen) atoms. The lowest BCUT2D eigenvalue weighted by Crippen LogP contribution is -1.89. The highest BCUT2D eigenvalue weighted by atomic mass is 16.5. The van der Waals surface area contributed by atoms with Gasteiger partial charge in [-0.3, -0.25) is 0 Å². The largest absolute Gasteiger partial charge is 0.497 e. The zero-order chi connectivity index (χ0) is 12.1. The minimum absolute atomic E-state index is 0.899. The van der Waals surface area contributed by atoms with Gasteiger partial charge in [-0.25, -0.2) is 0 Å². The Morgan fingerprint density at radius 2 is 1.47 bits per heavy atom. The molecule has 0 spiro atoms. The summed E-state index contributed by atoms with van der Waals surface area (Å²) in [6, 6.07) is 16.6. The molecule has 0 bridgehead atoms. The highest BCUT2D eigenvalue weighted by molar-refractivity contribution is 5.47. The van der Waals surface area contributed by atoms with Crippen LogP contribution in [-0.4, -0.2) is 7.11 Å². The van der Waals surface area contributed by atoms with E-state index in [4.69, 9.17) is 4.74 Å². The van der Waals surface area contributed by atoms with Crippen LogP contribution in [0.25, 0.3) is 6.08 Å². The number of hydrogen-bond donors (Lipinski definition) is 0. The Hall–Kier alpha value is -2.02. The minimum atomic E-state index is 0.899. The molecule has 1 nitrogen and oxygen atoms in total. The van der Waals surface area contributed by atoms with E-state index in [2.05, 4.69) is 43.0 Å². The SMILES string of the molecule is C=Cc1ccc(Cc2ccc(OC)cc2)cc1. The van der Waals surface area contributed by atoms with Crippen molar-refractivity contribution in [1.29, 1.82) is 0 Å². The standard InChI is InChI=1S/C16H16O/c1-3-13-4-6-14(7-5-13)12-15-8-10-16(17-2)11-9-15/h3-11H,1,12H2,2H3. The summed E-state index contributed by atoms with van der Waals surface area (Å²) in [7, 11) is 1.68. The van der Waals surface area contributed by atoms with Gasteiger partial charge in [-0.1, -0.05) is 49.1 Å². The predicted molar refractivity (Wildman–Crippen MR) is 72.3 cm³/mol. The quantitative estimate of drug-likeness (QED) is 0.764. The molecule has 0 atom stereocenters. The molecule has 2 rings (SSSR count). The third-order valence-corrected chi connectivity index (χ3v) is 2.78. The van der Waals surface area contributed by atoms with Crippen molar-refractivity contribution in [2.45, 2.75) is 6.42 Å². The number of methoxy groups -OCH3 is 1. The molecule has 2 aromatic rings. The molecule has 2 aromatic carbocycles. The van der Waals surface area contributed by atoms with Crippen LogP contribution < -0.4 is 4.74 Å². The Kier molecular flexibility index (Phi) is 3.61. The van der Waals surface area contributed by atoms with Gasteiger partial charge in [0.2, 0.25) is 0 Å². The summed E-state index contributed by atoms with van der Waals surface area (Å²) in [6.45, 7) is 3.75. The first-order chi connectivity index (χ1) is 8.31. The zero-order valence-electron chi connectivity index (χ0n) is 10.0. The third-order valence-electron chi connectivity index (χ3n) is 2.78. The zero-order valence-corrected chi connectivity index (χ0v) is 10.0. The number of ether oxygens (including phenoxy) is 1. The molecule has 0 aliphatic rings. The molecular weight excluding hydrogens is 208 g/mol. The van der Waals surface area contributed by atoms with Gasteiger partial charge in [0, 0.05) is 0 Å². The summed E-state index contributed by atoms with van der Waals surface area (Å²) >= 11 is 0. The second-order valence-corrected chi connectivity index (χ2v) is 3.97. The molecular formula is C16H16O. The maximum atomic E-state index is 5.14. The van der Waals surface area contributed by atoms with Gasteiger partial charge in [0.15, 0.2) is 0 Å². The van der Waals surface area contributed by atoms with Crippen molar-refractivity contribution >= 4 is 6.08 Å². The van der Waals surface area contributed by atoms with Crippen LogP contribution in [0.3, 0.4) is 0 Å². The second-order valence-electron chi connectivity index (χ2n) is 3.97. The topological polar surface area (TPSA) is 9.23 Å². The van der Waals surface area contributed by atoms with Gasteiger partial charge in [-0.2, -0.15) is 0 Å². The fourth-order valence-corrected chi connectivity index (χ4v) is 1.75. The smallest absolute Gasteiger partial charge is 0.118 e. The van der Waals surface area contributed by atoms with Crippen LogP contribution in [0.5, 0.6) is 5.75 Å². The molecule has 0 heterocycles. The van der Waals surface area contributed by atoms with Crippen LogP contribution in [-0.2, 0) is 6.42 Å². The Labute approximate surface area is 102 Å². The highest BCUT2D eigenvalue weighted by Gasteiger charge is 1.97. The van der Waals surface area contributed by atoms with Crippen LogP contribution in [0.1, 0.15) is 16.7 Å². The minimum Gasteiger partial charge on any atom is -0.497 e. The van der Waals surface area contributed by atoms with Gasteiger partial charge >= 0.3 is 0 Å². The second kappa shape index (κ2) is 5.35. The van der Waals surface area contributed by atoms with E-state index in [-0.39, 0.29) is 0 Å². The lowest BCUT2D eigenvalue weighted by Gasteiger charge is -2.04. The Balaban J connectivity index is 2.10. The van der Waals surface area contributed by atoms with Gasteiger partial charge in [-0.15, -0.1) is 0 Å². The summed E-state index contributed by atoms with van der Waals surface area (Å²) in [5.74, 6) is 0.899. The summed E-state index contributed by atoms with van der Waals surface area (Å²) < 4.78 is 5.14. The molecule has 0 aliphatic heterocycles. The molecule has 0 fully saturated rings. The predicted octanol–water partition coefficient (Wildman–Crippen LogP) is 3.93. The molecule has 86 valence electrons. The molecule has 0 amide bonds. The van der Waals surface area contributed by atoms with Crippen LogP contribution in [0, 0.1) is 0 Å². The summed E-state index contributed by atoms with van der Waals surface area (Å²) in [4.78, 5) is 0. The Morgan fingerprint density at radius 3 is 1.94 bits per heavy atom. The third kappa shape index (κ3) is 2.97. The van der Waals surface area contributed by atoms with E-state index in [0.29, 0.717) is 0 Å². The molecule has 0 saturated carbocycles. The average Bonchev–Trinajstić information content (AvgIpc) is 2.40. The number of rotatable bonds is 4. The van der Waals surface area contributed by atoms with Crippen LogP contribution in [0.2, 0.25) is 0 Å². The maximum Gasteiger partial charge on any atom is 0.118 e. The molecule has 0 aromatic heterocycles. The summed E-state index contributed by atoms with van der Waals surface area (Å²) in [5.41, 5.74) is 3.75. The van der Waals surface area contributed by atoms with E-state index >= 15 is 0 Å². The van der Waals surface area contributed by atoms with E-state index in [1.165, 1.54) is 11.1 Å². The van der Waals surface area contributed by atoms with Crippen molar-refractivity contribution in [2.24, 2.45) is 0 Å².